The molecule has 0 fully saturated rings. The number of hydrogen-bond acceptors (Lipinski definition) is 5. The van der Waals surface area contributed by atoms with Crippen molar-refractivity contribution in [3.05, 3.63) is 89.4 Å². The van der Waals surface area contributed by atoms with E-state index >= 15 is 0 Å². The molecule has 142 valence electrons. The van der Waals surface area contributed by atoms with Crippen LogP contribution >= 0.6 is 0 Å². The van der Waals surface area contributed by atoms with Gasteiger partial charge in [0.15, 0.2) is 0 Å². The van der Waals surface area contributed by atoms with Crippen LogP contribution in [0.15, 0.2) is 66.9 Å². The highest BCUT2D eigenvalue weighted by molar-refractivity contribution is 7.88. The number of rotatable bonds is 7. The van der Waals surface area contributed by atoms with Gasteiger partial charge >= 0.3 is 0 Å². The summed E-state index contributed by atoms with van der Waals surface area (Å²) in [6.45, 7) is 0.0581. The Morgan fingerprint density at radius 2 is 1.86 bits per heavy atom. The molecule has 0 saturated carbocycles. The predicted octanol–water partition coefficient (Wildman–Crippen LogP) is 3.50. The molecular weight excluding hydrogens is 381 g/mol. The molecule has 0 aliphatic heterocycles. The normalized spacial score (nSPS) is 11.0. The molecule has 3 rings (SSSR count). The maximum Gasteiger partial charge on any atom is 0.219 e. The Morgan fingerprint density at radius 1 is 1.07 bits per heavy atom. The Hall–Kier alpha value is -3.28. The van der Waals surface area contributed by atoms with E-state index in [1.807, 2.05) is 6.07 Å². The number of ether oxygens (including phenoxy) is 1. The molecule has 2 aromatic carbocycles. The third-order valence-corrected chi connectivity index (χ3v) is 5.04. The van der Waals surface area contributed by atoms with Crippen molar-refractivity contribution in [3.8, 4) is 17.7 Å². The molecule has 0 saturated heterocycles. The molecule has 0 amide bonds. The first-order valence-electron chi connectivity index (χ1n) is 8.28. The highest BCUT2D eigenvalue weighted by atomic mass is 32.2. The van der Waals surface area contributed by atoms with E-state index in [4.69, 9.17) is 10.00 Å². The number of nitriles is 1. The molecule has 0 aliphatic rings. The van der Waals surface area contributed by atoms with E-state index in [0.717, 1.165) is 0 Å². The minimum Gasteiger partial charge on any atom is -0.439 e. The van der Waals surface area contributed by atoms with Crippen molar-refractivity contribution in [3.63, 3.8) is 0 Å². The molecule has 0 radical (unpaired) electrons. The Labute approximate surface area is 162 Å². The summed E-state index contributed by atoms with van der Waals surface area (Å²) in [5.74, 6) is 0.0878. The maximum atomic E-state index is 12.9. The zero-order valence-corrected chi connectivity index (χ0v) is 15.5. The van der Waals surface area contributed by atoms with Gasteiger partial charge in [-0.25, -0.2) is 22.5 Å². The maximum absolute atomic E-state index is 12.9. The van der Waals surface area contributed by atoms with Gasteiger partial charge in [-0.15, -0.1) is 0 Å². The topological polar surface area (TPSA) is 92.1 Å². The van der Waals surface area contributed by atoms with Crippen LogP contribution in [0.5, 0.6) is 11.6 Å². The van der Waals surface area contributed by atoms with Gasteiger partial charge in [-0.05, 0) is 53.6 Å². The van der Waals surface area contributed by atoms with Crippen LogP contribution in [-0.4, -0.2) is 13.4 Å². The summed E-state index contributed by atoms with van der Waals surface area (Å²) in [4.78, 5) is 4.06. The fourth-order valence-electron chi connectivity index (χ4n) is 2.43. The number of hydrogen-bond donors (Lipinski definition) is 1. The van der Waals surface area contributed by atoms with Crippen LogP contribution in [0.2, 0.25) is 0 Å². The smallest absolute Gasteiger partial charge is 0.219 e. The van der Waals surface area contributed by atoms with Gasteiger partial charge in [-0.2, -0.15) is 5.26 Å². The van der Waals surface area contributed by atoms with E-state index in [1.54, 1.807) is 36.4 Å². The molecule has 6 nitrogen and oxygen atoms in total. The zero-order valence-electron chi connectivity index (χ0n) is 14.7. The lowest BCUT2D eigenvalue weighted by Crippen LogP contribution is -2.24. The molecule has 1 N–H and O–H groups in total. The predicted molar refractivity (Wildman–Crippen MR) is 101 cm³/mol. The number of halogens is 1. The summed E-state index contributed by atoms with van der Waals surface area (Å²) in [6.07, 6.45) is 1.50. The Balaban J connectivity index is 1.63. The van der Waals surface area contributed by atoms with E-state index in [-0.39, 0.29) is 24.0 Å². The quantitative estimate of drug-likeness (QED) is 0.659. The van der Waals surface area contributed by atoms with E-state index in [2.05, 4.69) is 9.71 Å². The van der Waals surface area contributed by atoms with Gasteiger partial charge in [0.25, 0.3) is 0 Å². The lowest BCUT2D eigenvalue weighted by atomic mass is 10.2. The van der Waals surface area contributed by atoms with Crippen LogP contribution in [0.3, 0.4) is 0 Å². The molecule has 8 heteroatoms. The molecule has 0 unspecified atom stereocenters. The van der Waals surface area contributed by atoms with Crippen LogP contribution in [0.25, 0.3) is 0 Å². The van der Waals surface area contributed by atoms with Crippen molar-refractivity contribution in [1.82, 2.24) is 9.71 Å². The second-order valence-electron chi connectivity index (χ2n) is 5.95. The summed E-state index contributed by atoms with van der Waals surface area (Å²) < 4.78 is 45.6. The van der Waals surface area contributed by atoms with Gasteiger partial charge in [0.2, 0.25) is 15.9 Å². The Bertz CT molecular complexity index is 1110. The minimum absolute atomic E-state index is 0.0581. The van der Waals surface area contributed by atoms with E-state index in [9.17, 15) is 12.8 Å². The summed E-state index contributed by atoms with van der Waals surface area (Å²) in [5, 5.41) is 8.91. The number of aromatic nitrogens is 1. The van der Waals surface area contributed by atoms with Gasteiger partial charge in [-0.1, -0.05) is 12.1 Å². The Kier molecular flexibility index (Phi) is 5.99. The molecule has 0 atom stereocenters. The van der Waals surface area contributed by atoms with Gasteiger partial charge in [0, 0.05) is 18.8 Å². The lowest BCUT2D eigenvalue weighted by molar-refractivity contribution is 0.460. The fourth-order valence-corrected chi connectivity index (χ4v) is 3.54. The second-order valence-corrected chi connectivity index (χ2v) is 7.76. The molecule has 1 aromatic heterocycles. The summed E-state index contributed by atoms with van der Waals surface area (Å²) in [7, 11) is -3.60. The molecule has 0 spiro atoms. The van der Waals surface area contributed by atoms with Gasteiger partial charge < -0.3 is 4.74 Å². The number of nitrogens with zero attached hydrogens (tertiary/aromatic N) is 2. The van der Waals surface area contributed by atoms with Gasteiger partial charge in [-0.3, -0.25) is 0 Å². The second kappa shape index (κ2) is 8.61. The monoisotopic (exact) mass is 397 g/mol. The SMILES string of the molecule is N#Cc1cccc(CS(=O)(=O)NCc2ccnc(Oc3ccc(F)cc3)c2)c1. The van der Waals surface area contributed by atoms with Crippen molar-refractivity contribution in [2.24, 2.45) is 0 Å². The first-order chi connectivity index (χ1) is 13.4. The van der Waals surface area contributed by atoms with Crippen molar-refractivity contribution >= 4 is 10.0 Å². The highest BCUT2D eigenvalue weighted by Crippen LogP contribution is 2.20. The van der Waals surface area contributed by atoms with Gasteiger partial charge in [0.1, 0.15) is 11.6 Å². The molecule has 1 heterocycles. The minimum atomic E-state index is -3.60. The van der Waals surface area contributed by atoms with Crippen LogP contribution in [-0.2, 0) is 22.3 Å². The number of nitrogens with one attached hydrogen (secondary N) is 1. The third-order valence-electron chi connectivity index (χ3n) is 3.74. The van der Waals surface area contributed by atoms with Crippen molar-refractivity contribution in [2.75, 3.05) is 0 Å². The number of sulfonamides is 1. The highest BCUT2D eigenvalue weighted by Gasteiger charge is 2.12. The van der Waals surface area contributed by atoms with Crippen molar-refractivity contribution in [2.45, 2.75) is 12.3 Å². The lowest BCUT2D eigenvalue weighted by Gasteiger charge is -2.09. The summed E-state index contributed by atoms with van der Waals surface area (Å²) in [5.41, 5.74) is 1.59. The summed E-state index contributed by atoms with van der Waals surface area (Å²) >= 11 is 0. The van der Waals surface area contributed by atoms with Gasteiger partial charge in [0.05, 0.1) is 17.4 Å². The molecule has 0 bridgehead atoms. The molecule has 3 aromatic rings. The first-order valence-corrected chi connectivity index (χ1v) is 9.93. The van der Waals surface area contributed by atoms with E-state index < -0.39 is 10.0 Å². The average molecular weight is 397 g/mol. The molecule has 0 aliphatic carbocycles. The molecular formula is C20H16FN3O3S. The fraction of sp³-hybridized carbons (Fsp3) is 0.100. The first kappa shape index (κ1) is 19.5. The number of benzene rings is 2. The largest absolute Gasteiger partial charge is 0.439 e. The standard InChI is InChI=1S/C20H16FN3O3S/c21-18-4-6-19(7-5-18)27-20-11-16(8-9-23-20)13-24-28(25,26)14-17-3-1-2-15(10-17)12-22/h1-11,24H,13-14H2. The van der Waals surface area contributed by atoms with E-state index in [0.29, 0.717) is 22.4 Å². The molecule has 28 heavy (non-hydrogen) atoms. The number of pyridine rings is 1. The van der Waals surface area contributed by atoms with Crippen LogP contribution in [0.4, 0.5) is 4.39 Å². The average Bonchev–Trinajstić information content (AvgIpc) is 2.68. The van der Waals surface area contributed by atoms with E-state index in [1.165, 1.54) is 30.5 Å². The van der Waals surface area contributed by atoms with Crippen molar-refractivity contribution in [1.29, 1.82) is 5.26 Å². The Morgan fingerprint density at radius 3 is 2.61 bits per heavy atom. The van der Waals surface area contributed by atoms with Crippen LogP contribution < -0.4 is 9.46 Å². The summed E-state index contributed by atoms with van der Waals surface area (Å²) in [6, 6.07) is 17.2. The van der Waals surface area contributed by atoms with Crippen LogP contribution in [0, 0.1) is 17.1 Å². The van der Waals surface area contributed by atoms with Crippen LogP contribution in [0.1, 0.15) is 16.7 Å². The third kappa shape index (κ3) is 5.61. The van der Waals surface area contributed by atoms with Crippen molar-refractivity contribution < 1.29 is 17.5 Å². The zero-order chi connectivity index (χ0) is 20.0.